The Labute approximate surface area is 44.7 Å². The fourth-order valence-corrected chi connectivity index (χ4v) is 0.390. The van der Waals surface area contributed by atoms with Gasteiger partial charge in [-0.25, -0.2) is 0 Å². The monoisotopic (exact) mass is 102 g/mol. The van der Waals surface area contributed by atoms with Crippen LogP contribution in [0.5, 0.6) is 0 Å². The first-order valence-corrected chi connectivity index (χ1v) is 2.58. The Morgan fingerprint density at radius 3 is 2.50 bits per heavy atom. The van der Waals surface area contributed by atoms with Crippen LogP contribution >= 0.6 is 12.6 Å². The average molecular weight is 102 g/mol. The van der Waals surface area contributed by atoms with E-state index in [1.54, 1.807) is 0 Å². The fourth-order valence-electron chi connectivity index (χ4n) is 0.241. The van der Waals surface area contributed by atoms with Gasteiger partial charge in [0.05, 0.1) is 0 Å². The molecule has 0 aliphatic carbocycles. The maximum atomic E-state index is 4.11. The Morgan fingerprint density at radius 2 is 2.50 bits per heavy atom. The van der Waals surface area contributed by atoms with Crippen molar-refractivity contribution in [2.45, 2.75) is 18.6 Å². The molecule has 0 aliphatic heterocycles. The van der Waals surface area contributed by atoms with Crippen molar-refractivity contribution in [2.75, 3.05) is 0 Å². The molecule has 0 spiro atoms. The molecule has 0 heterocycles. The van der Waals surface area contributed by atoms with Gasteiger partial charge in [-0.1, -0.05) is 13.0 Å². The molecule has 0 saturated carbocycles. The van der Waals surface area contributed by atoms with Gasteiger partial charge in [-0.2, -0.15) is 12.6 Å². The predicted molar refractivity (Wildman–Crippen MR) is 33.3 cm³/mol. The predicted octanol–water partition coefficient (Wildman–Crippen LogP) is 1.88. The summed E-state index contributed by atoms with van der Waals surface area (Å²) in [6.07, 6.45) is 2.88. The molecule has 6 heavy (non-hydrogen) atoms. The summed E-state index contributed by atoms with van der Waals surface area (Å²) in [5.41, 5.74) is 0. The molecular weight excluding hydrogens is 92.1 g/mol. The minimum absolute atomic E-state index is 0.475. The molecule has 1 atom stereocenters. The lowest BCUT2D eigenvalue weighted by Gasteiger charge is -1.91. The molecule has 0 fully saturated rings. The maximum Gasteiger partial charge on any atom is 0.00228 e. The minimum Gasteiger partial charge on any atom is -0.176 e. The number of allylic oxidation sites excluding steroid dienone is 1. The van der Waals surface area contributed by atoms with Crippen molar-refractivity contribution >= 4 is 12.6 Å². The topological polar surface area (TPSA) is 0 Å². The van der Waals surface area contributed by atoms with Crippen LogP contribution in [0.1, 0.15) is 13.3 Å². The van der Waals surface area contributed by atoms with Crippen molar-refractivity contribution in [3.05, 3.63) is 12.7 Å². The van der Waals surface area contributed by atoms with Crippen molar-refractivity contribution in [3.63, 3.8) is 0 Å². The third kappa shape index (κ3) is 4.09. The van der Waals surface area contributed by atoms with E-state index >= 15 is 0 Å². The van der Waals surface area contributed by atoms with Crippen molar-refractivity contribution in [1.82, 2.24) is 0 Å². The van der Waals surface area contributed by atoms with E-state index in [2.05, 4.69) is 19.2 Å². The fraction of sp³-hybridized carbons (Fsp3) is 0.600. The highest BCUT2D eigenvalue weighted by molar-refractivity contribution is 7.80. The first-order chi connectivity index (χ1) is 2.77. The van der Waals surface area contributed by atoms with Crippen molar-refractivity contribution in [2.24, 2.45) is 0 Å². The van der Waals surface area contributed by atoms with Gasteiger partial charge in [0.15, 0.2) is 0 Å². The number of thiol groups is 1. The van der Waals surface area contributed by atoms with Crippen LogP contribution < -0.4 is 0 Å². The lowest BCUT2D eigenvalue weighted by atomic mass is 10.3. The van der Waals surface area contributed by atoms with Gasteiger partial charge in [-0.15, -0.1) is 6.58 Å². The highest BCUT2D eigenvalue weighted by Crippen LogP contribution is 1.97. The molecule has 1 heteroatoms. The van der Waals surface area contributed by atoms with E-state index in [4.69, 9.17) is 0 Å². The summed E-state index contributed by atoms with van der Waals surface area (Å²) < 4.78 is 0. The van der Waals surface area contributed by atoms with Gasteiger partial charge in [0.25, 0.3) is 0 Å². The van der Waals surface area contributed by atoms with E-state index in [1.165, 1.54) is 0 Å². The summed E-state index contributed by atoms with van der Waals surface area (Å²) in [5, 5.41) is 0.475. The van der Waals surface area contributed by atoms with Crippen LogP contribution in [0.2, 0.25) is 0 Å². The van der Waals surface area contributed by atoms with Gasteiger partial charge in [0, 0.05) is 5.25 Å². The number of rotatable bonds is 2. The van der Waals surface area contributed by atoms with Crippen LogP contribution in [0, 0.1) is 0 Å². The molecule has 0 unspecified atom stereocenters. The summed E-state index contributed by atoms with van der Waals surface area (Å²) >= 11 is 4.11. The summed E-state index contributed by atoms with van der Waals surface area (Å²) in [7, 11) is 0. The largest absolute Gasteiger partial charge is 0.176 e. The molecule has 0 saturated heterocycles. The molecule has 0 aromatic heterocycles. The summed E-state index contributed by atoms with van der Waals surface area (Å²) in [6, 6.07) is 0. The van der Waals surface area contributed by atoms with Gasteiger partial charge >= 0.3 is 0 Å². The van der Waals surface area contributed by atoms with Crippen LogP contribution in [0.4, 0.5) is 0 Å². The Hall–Kier alpha value is 0.0900. The molecule has 0 nitrogen and oxygen atoms in total. The van der Waals surface area contributed by atoms with E-state index in [0.717, 1.165) is 6.42 Å². The minimum atomic E-state index is 0.475. The van der Waals surface area contributed by atoms with Crippen molar-refractivity contribution < 1.29 is 0 Å². The lowest BCUT2D eigenvalue weighted by molar-refractivity contribution is 0.993. The third-order valence-corrected chi connectivity index (χ3v) is 0.719. The molecular formula is C5H10S. The second-order valence-corrected chi connectivity index (χ2v) is 2.25. The van der Waals surface area contributed by atoms with Gasteiger partial charge in [0.2, 0.25) is 0 Å². The Morgan fingerprint density at radius 1 is 2.00 bits per heavy atom. The maximum absolute atomic E-state index is 4.11. The van der Waals surface area contributed by atoms with Crippen LogP contribution in [0.15, 0.2) is 12.7 Å². The number of hydrogen-bond donors (Lipinski definition) is 1. The molecule has 0 amide bonds. The van der Waals surface area contributed by atoms with E-state index in [1.807, 2.05) is 13.0 Å². The second kappa shape index (κ2) is 3.29. The zero-order valence-electron chi connectivity index (χ0n) is 4.02. The first-order valence-electron chi connectivity index (χ1n) is 2.06. The van der Waals surface area contributed by atoms with Crippen LogP contribution in [0.25, 0.3) is 0 Å². The Kier molecular flexibility index (Phi) is 3.34. The van der Waals surface area contributed by atoms with Crippen molar-refractivity contribution in [3.8, 4) is 0 Å². The molecule has 0 aromatic rings. The van der Waals surface area contributed by atoms with Crippen molar-refractivity contribution in [1.29, 1.82) is 0 Å². The molecule has 0 N–H and O–H groups in total. The van der Waals surface area contributed by atoms with Crippen LogP contribution in [-0.2, 0) is 0 Å². The van der Waals surface area contributed by atoms with E-state index < -0.39 is 0 Å². The van der Waals surface area contributed by atoms with Gasteiger partial charge in [-0.05, 0) is 6.42 Å². The second-order valence-electron chi connectivity index (χ2n) is 1.37. The molecule has 0 bridgehead atoms. The standard InChI is InChI=1S/C5H10S/c1-3-4-5(2)6/h3,5-6H,1,4H2,2H3/t5-/m1/s1. The molecule has 36 valence electrons. The summed E-state index contributed by atoms with van der Waals surface area (Å²) in [5.74, 6) is 0. The normalized spacial score (nSPS) is 13.7. The molecule has 0 rings (SSSR count). The third-order valence-electron chi connectivity index (χ3n) is 0.508. The number of hydrogen-bond acceptors (Lipinski definition) is 1. The Balaban J connectivity index is 2.81. The van der Waals surface area contributed by atoms with Crippen LogP contribution in [0.3, 0.4) is 0 Å². The van der Waals surface area contributed by atoms with Gasteiger partial charge in [-0.3, -0.25) is 0 Å². The zero-order chi connectivity index (χ0) is 4.99. The first kappa shape index (κ1) is 6.09. The summed E-state index contributed by atoms with van der Waals surface area (Å²) in [4.78, 5) is 0. The molecule has 0 aliphatic rings. The quantitative estimate of drug-likeness (QED) is 0.399. The van der Waals surface area contributed by atoms with E-state index in [0.29, 0.717) is 5.25 Å². The van der Waals surface area contributed by atoms with E-state index in [-0.39, 0.29) is 0 Å². The lowest BCUT2D eigenvalue weighted by Crippen LogP contribution is -1.83. The Bertz CT molecular complexity index is 39.2. The summed E-state index contributed by atoms with van der Waals surface area (Å²) in [6.45, 7) is 5.60. The van der Waals surface area contributed by atoms with Crippen LogP contribution in [-0.4, -0.2) is 5.25 Å². The smallest absolute Gasteiger partial charge is 0.00228 e. The van der Waals surface area contributed by atoms with Gasteiger partial charge in [0.1, 0.15) is 0 Å². The SMILES string of the molecule is C=CC[C@@H](C)S. The van der Waals surface area contributed by atoms with Gasteiger partial charge < -0.3 is 0 Å². The zero-order valence-corrected chi connectivity index (χ0v) is 4.91. The average Bonchev–Trinajstić information content (AvgIpc) is 1.35. The highest BCUT2D eigenvalue weighted by Gasteiger charge is 1.83. The van der Waals surface area contributed by atoms with E-state index in [9.17, 15) is 0 Å². The molecule has 0 aromatic carbocycles. The highest BCUT2D eigenvalue weighted by atomic mass is 32.1. The molecule has 0 radical (unpaired) electrons.